The van der Waals surface area contributed by atoms with E-state index in [9.17, 15) is 18.4 Å². The normalized spacial score (nSPS) is 21.2. The highest BCUT2D eigenvalue weighted by Gasteiger charge is 2.30. The molecule has 0 aromatic heterocycles. The van der Waals surface area contributed by atoms with Gasteiger partial charge in [0.2, 0.25) is 5.91 Å². The lowest BCUT2D eigenvalue weighted by Gasteiger charge is -2.12. The first kappa shape index (κ1) is 15.4. The molecule has 21 heavy (non-hydrogen) atoms. The number of carbonyl (C=O) groups is 2. The van der Waals surface area contributed by atoms with Crippen LogP contribution in [0.15, 0.2) is 18.2 Å². The van der Waals surface area contributed by atoms with Gasteiger partial charge < -0.3 is 10.4 Å². The molecular weight excluding hydrogens is 280 g/mol. The van der Waals surface area contributed by atoms with Gasteiger partial charge in [0.1, 0.15) is 11.6 Å². The van der Waals surface area contributed by atoms with Crippen LogP contribution >= 0.6 is 0 Å². The second-order valence-corrected chi connectivity index (χ2v) is 5.35. The Bertz CT molecular complexity index is 548. The number of benzene rings is 1. The van der Waals surface area contributed by atoms with E-state index in [2.05, 4.69) is 5.32 Å². The molecule has 1 aliphatic rings. The molecule has 0 bridgehead atoms. The predicted octanol–water partition coefficient (Wildman–Crippen LogP) is 2.27. The van der Waals surface area contributed by atoms with Crippen molar-refractivity contribution in [2.24, 2.45) is 5.92 Å². The first-order valence-electron chi connectivity index (χ1n) is 6.92. The Hall–Kier alpha value is -1.98. The van der Waals surface area contributed by atoms with Crippen molar-refractivity contribution in [2.45, 2.75) is 38.1 Å². The summed E-state index contributed by atoms with van der Waals surface area (Å²) < 4.78 is 26.4. The molecule has 6 heteroatoms. The second kappa shape index (κ2) is 6.65. The van der Waals surface area contributed by atoms with E-state index in [-0.39, 0.29) is 30.4 Å². The lowest BCUT2D eigenvalue weighted by Crippen LogP contribution is -2.33. The van der Waals surface area contributed by atoms with E-state index in [4.69, 9.17) is 5.11 Å². The number of carboxylic acids is 1. The van der Waals surface area contributed by atoms with E-state index in [0.717, 1.165) is 18.2 Å². The zero-order valence-corrected chi connectivity index (χ0v) is 11.4. The van der Waals surface area contributed by atoms with Crippen LogP contribution in [0, 0.1) is 17.6 Å². The predicted molar refractivity (Wildman–Crippen MR) is 71.6 cm³/mol. The first-order valence-corrected chi connectivity index (χ1v) is 6.92. The fourth-order valence-electron chi connectivity index (χ4n) is 2.62. The summed E-state index contributed by atoms with van der Waals surface area (Å²) in [4.78, 5) is 22.6. The van der Waals surface area contributed by atoms with Crippen LogP contribution in [-0.2, 0) is 16.0 Å². The summed E-state index contributed by atoms with van der Waals surface area (Å²) in [5.74, 6) is -2.58. The summed E-state index contributed by atoms with van der Waals surface area (Å²) in [5, 5.41) is 11.6. The lowest BCUT2D eigenvalue weighted by molar-refractivity contribution is -0.141. The Morgan fingerprint density at radius 3 is 2.71 bits per heavy atom. The molecule has 1 fully saturated rings. The number of carboxylic acid groups (broad SMARTS) is 1. The van der Waals surface area contributed by atoms with Gasteiger partial charge in [-0.25, -0.2) is 8.78 Å². The Labute approximate surface area is 121 Å². The molecule has 4 nitrogen and oxygen atoms in total. The first-order chi connectivity index (χ1) is 9.95. The number of aliphatic carboxylic acids is 1. The van der Waals surface area contributed by atoms with Crippen molar-refractivity contribution >= 4 is 11.9 Å². The minimum Gasteiger partial charge on any atom is -0.481 e. The minimum absolute atomic E-state index is 0.0502. The summed E-state index contributed by atoms with van der Waals surface area (Å²) in [5.41, 5.74) is 0.167. The maximum absolute atomic E-state index is 13.4. The van der Waals surface area contributed by atoms with Gasteiger partial charge in [-0.05, 0) is 49.4 Å². The zero-order chi connectivity index (χ0) is 15.4. The molecule has 0 spiro atoms. The quantitative estimate of drug-likeness (QED) is 0.876. The van der Waals surface area contributed by atoms with Crippen LogP contribution < -0.4 is 5.32 Å². The largest absolute Gasteiger partial charge is 0.481 e. The van der Waals surface area contributed by atoms with Crippen LogP contribution in [0.3, 0.4) is 0 Å². The summed E-state index contributed by atoms with van der Waals surface area (Å²) in [7, 11) is 0. The molecule has 0 aliphatic heterocycles. The van der Waals surface area contributed by atoms with Crippen molar-refractivity contribution in [1.82, 2.24) is 5.32 Å². The third kappa shape index (κ3) is 4.24. The number of halogens is 2. The molecule has 114 valence electrons. The summed E-state index contributed by atoms with van der Waals surface area (Å²) >= 11 is 0. The number of rotatable bonds is 5. The number of carbonyl (C=O) groups excluding carboxylic acids is 1. The number of hydrogen-bond acceptors (Lipinski definition) is 2. The molecule has 1 aromatic rings. The third-order valence-corrected chi connectivity index (χ3v) is 3.78. The molecule has 0 heterocycles. The molecule has 1 aromatic carbocycles. The van der Waals surface area contributed by atoms with Gasteiger partial charge in [0.25, 0.3) is 0 Å². The number of hydrogen-bond donors (Lipinski definition) is 2. The summed E-state index contributed by atoms with van der Waals surface area (Å²) in [6, 6.07) is 3.01. The third-order valence-electron chi connectivity index (χ3n) is 3.78. The van der Waals surface area contributed by atoms with E-state index in [1.54, 1.807) is 0 Å². The van der Waals surface area contributed by atoms with Gasteiger partial charge >= 0.3 is 5.97 Å². The maximum Gasteiger partial charge on any atom is 0.306 e. The van der Waals surface area contributed by atoms with Crippen molar-refractivity contribution < 1.29 is 23.5 Å². The molecular formula is C15H17F2NO3. The smallest absolute Gasteiger partial charge is 0.306 e. The Balaban J connectivity index is 1.80. The van der Waals surface area contributed by atoms with E-state index in [1.165, 1.54) is 0 Å². The van der Waals surface area contributed by atoms with Gasteiger partial charge in [0, 0.05) is 12.5 Å². The average molecular weight is 297 g/mol. The number of nitrogens with one attached hydrogen (secondary N) is 1. The standard InChI is InChI=1S/C15H17F2NO3/c16-11-3-5-13(17)9(7-11)2-6-14(19)18-12-4-1-10(8-12)15(20)21/h3,5,7,10,12H,1-2,4,6,8H2,(H,18,19)(H,20,21)/t10-,12+/m1/s1. The van der Waals surface area contributed by atoms with Gasteiger partial charge in [0.05, 0.1) is 5.92 Å². The number of aryl methyl sites for hydroxylation is 1. The monoisotopic (exact) mass is 297 g/mol. The average Bonchev–Trinajstić information content (AvgIpc) is 2.88. The van der Waals surface area contributed by atoms with Crippen LogP contribution in [0.2, 0.25) is 0 Å². The highest BCUT2D eigenvalue weighted by Crippen LogP contribution is 2.25. The van der Waals surface area contributed by atoms with Crippen LogP contribution in [0.4, 0.5) is 8.78 Å². The molecule has 2 rings (SSSR count). The van der Waals surface area contributed by atoms with E-state index in [1.807, 2.05) is 0 Å². The molecule has 0 radical (unpaired) electrons. The highest BCUT2D eigenvalue weighted by atomic mass is 19.1. The van der Waals surface area contributed by atoms with E-state index < -0.39 is 23.5 Å². The van der Waals surface area contributed by atoms with Crippen molar-refractivity contribution in [3.05, 3.63) is 35.4 Å². The van der Waals surface area contributed by atoms with Gasteiger partial charge in [-0.1, -0.05) is 0 Å². The fraction of sp³-hybridized carbons (Fsp3) is 0.467. The minimum atomic E-state index is -0.839. The van der Waals surface area contributed by atoms with Gasteiger partial charge in [-0.2, -0.15) is 0 Å². The molecule has 1 amide bonds. The summed E-state index contributed by atoms with van der Waals surface area (Å²) in [6.45, 7) is 0. The van der Waals surface area contributed by atoms with Crippen molar-refractivity contribution in [1.29, 1.82) is 0 Å². The Morgan fingerprint density at radius 1 is 1.29 bits per heavy atom. The topological polar surface area (TPSA) is 66.4 Å². The summed E-state index contributed by atoms with van der Waals surface area (Å²) in [6.07, 6.45) is 1.78. The van der Waals surface area contributed by atoms with Gasteiger partial charge in [-0.3, -0.25) is 9.59 Å². The maximum atomic E-state index is 13.4. The van der Waals surface area contributed by atoms with Crippen LogP contribution in [0.25, 0.3) is 0 Å². The zero-order valence-electron chi connectivity index (χ0n) is 11.4. The van der Waals surface area contributed by atoms with Crippen molar-refractivity contribution in [3.8, 4) is 0 Å². The van der Waals surface area contributed by atoms with Crippen LogP contribution in [0.5, 0.6) is 0 Å². The van der Waals surface area contributed by atoms with Crippen molar-refractivity contribution in [3.63, 3.8) is 0 Å². The van der Waals surface area contributed by atoms with E-state index in [0.29, 0.717) is 19.3 Å². The molecule has 1 aliphatic carbocycles. The molecule has 2 N–H and O–H groups in total. The molecule has 0 saturated heterocycles. The molecule has 1 saturated carbocycles. The number of amides is 1. The van der Waals surface area contributed by atoms with E-state index >= 15 is 0 Å². The molecule has 0 unspecified atom stereocenters. The highest BCUT2D eigenvalue weighted by molar-refractivity contribution is 5.77. The second-order valence-electron chi connectivity index (χ2n) is 5.35. The fourth-order valence-corrected chi connectivity index (χ4v) is 2.62. The van der Waals surface area contributed by atoms with Crippen LogP contribution in [-0.4, -0.2) is 23.0 Å². The Kier molecular flexibility index (Phi) is 4.88. The molecule has 2 atom stereocenters. The van der Waals surface area contributed by atoms with Gasteiger partial charge in [-0.15, -0.1) is 0 Å². The van der Waals surface area contributed by atoms with Gasteiger partial charge in [0.15, 0.2) is 0 Å². The van der Waals surface area contributed by atoms with Crippen LogP contribution in [0.1, 0.15) is 31.2 Å². The van der Waals surface area contributed by atoms with Crippen molar-refractivity contribution in [2.75, 3.05) is 0 Å². The Morgan fingerprint density at radius 2 is 2.05 bits per heavy atom. The SMILES string of the molecule is O=C(CCc1cc(F)ccc1F)N[C@H]1CC[C@@H](C(=O)O)C1. The lowest BCUT2D eigenvalue weighted by atomic mass is 10.1.